The van der Waals surface area contributed by atoms with Crippen LogP contribution < -0.4 is 10.6 Å². The third-order valence-electron chi connectivity index (χ3n) is 4.45. The predicted molar refractivity (Wildman–Crippen MR) is 98.1 cm³/mol. The van der Waals surface area contributed by atoms with E-state index in [0.717, 1.165) is 19.4 Å². The number of rotatable bonds is 4. The van der Waals surface area contributed by atoms with Crippen LogP contribution in [-0.4, -0.2) is 23.5 Å². The van der Waals surface area contributed by atoms with Crippen molar-refractivity contribution in [2.24, 2.45) is 5.92 Å². The Hall–Kier alpha value is -1.98. The summed E-state index contributed by atoms with van der Waals surface area (Å²) in [5, 5.41) is 6.42. The number of pyridine rings is 1. The van der Waals surface area contributed by atoms with Crippen LogP contribution in [0.2, 0.25) is 0 Å². The minimum atomic E-state index is -0.445. The van der Waals surface area contributed by atoms with E-state index < -0.39 is 6.04 Å². The van der Waals surface area contributed by atoms with Crippen LogP contribution in [-0.2, 0) is 4.79 Å². The second-order valence-electron chi connectivity index (χ2n) is 6.33. The van der Waals surface area contributed by atoms with Gasteiger partial charge in [0.15, 0.2) is 0 Å². The van der Waals surface area contributed by atoms with Crippen molar-refractivity contribution >= 4 is 18.3 Å². The van der Waals surface area contributed by atoms with Crippen LogP contribution in [0.3, 0.4) is 0 Å². The Morgan fingerprint density at radius 3 is 2.84 bits per heavy atom. The van der Waals surface area contributed by atoms with Gasteiger partial charge in [-0.2, -0.15) is 0 Å². The molecular formula is C19H23ClFN3O. The molecule has 1 aliphatic rings. The van der Waals surface area contributed by atoms with E-state index >= 15 is 0 Å². The van der Waals surface area contributed by atoms with Crippen LogP contribution in [0.1, 0.15) is 37.1 Å². The number of halogens is 2. The Kier molecular flexibility index (Phi) is 6.91. The average molecular weight is 364 g/mol. The molecule has 2 heterocycles. The van der Waals surface area contributed by atoms with E-state index in [0.29, 0.717) is 17.3 Å². The Morgan fingerprint density at radius 1 is 1.32 bits per heavy atom. The number of carbonyl (C=O) groups is 1. The molecule has 1 unspecified atom stereocenters. The van der Waals surface area contributed by atoms with Gasteiger partial charge < -0.3 is 10.6 Å². The molecule has 0 saturated carbocycles. The van der Waals surface area contributed by atoms with Gasteiger partial charge in [-0.25, -0.2) is 4.39 Å². The molecule has 3 rings (SSSR count). The molecule has 0 aliphatic carbocycles. The average Bonchev–Trinajstić information content (AvgIpc) is 2.60. The number of hydrogen-bond donors (Lipinski definition) is 2. The SMILES string of the molecule is C[C@H]1C[C@@H](C(=O)NC(c2cccc(F)c2)c2ccccn2)CCN1.Cl. The molecule has 3 atom stereocenters. The number of nitrogens with zero attached hydrogens (tertiary/aromatic N) is 1. The molecule has 1 aromatic carbocycles. The van der Waals surface area contributed by atoms with Gasteiger partial charge in [0, 0.05) is 18.2 Å². The standard InChI is InChI=1S/C19H22FN3O.ClH/c1-13-11-15(8-10-21-13)19(24)23-18(17-7-2-3-9-22-17)14-5-4-6-16(20)12-14;/h2-7,9,12-13,15,18,21H,8,10-11H2,1H3,(H,23,24);1H/t13-,15-,18?;/m0./s1. The summed E-state index contributed by atoms with van der Waals surface area (Å²) in [6, 6.07) is 11.7. The lowest BCUT2D eigenvalue weighted by Gasteiger charge is -2.29. The molecule has 0 radical (unpaired) electrons. The lowest BCUT2D eigenvalue weighted by molar-refractivity contribution is -0.126. The number of hydrogen-bond acceptors (Lipinski definition) is 3. The molecule has 1 amide bonds. The van der Waals surface area contributed by atoms with Crippen LogP contribution in [0.25, 0.3) is 0 Å². The summed E-state index contributed by atoms with van der Waals surface area (Å²) >= 11 is 0. The molecule has 1 aromatic heterocycles. The van der Waals surface area contributed by atoms with E-state index in [9.17, 15) is 9.18 Å². The monoisotopic (exact) mass is 363 g/mol. The summed E-state index contributed by atoms with van der Waals surface area (Å²) < 4.78 is 13.6. The molecule has 0 bridgehead atoms. The lowest BCUT2D eigenvalue weighted by Crippen LogP contribution is -2.43. The maximum atomic E-state index is 13.6. The highest BCUT2D eigenvalue weighted by Gasteiger charge is 2.27. The zero-order chi connectivity index (χ0) is 16.9. The van der Waals surface area contributed by atoms with Gasteiger partial charge in [-0.1, -0.05) is 18.2 Å². The first-order valence-electron chi connectivity index (χ1n) is 8.33. The van der Waals surface area contributed by atoms with Gasteiger partial charge in [0.05, 0.1) is 11.7 Å². The highest BCUT2D eigenvalue weighted by molar-refractivity contribution is 5.85. The largest absolute Gasteiger partial charge is 0.343 e. The van der Waals surface area contributed by atoms with Crippen molar-refractivity contribution in [2.45, 2.75) is 31.8 Å². The summed E-state index contributed by atoms with van der Waals surface area (Å²) in [5.41, 5.74) is 1.41. The fourth-order valence-electron chi connectivity index (χ4n) is 3.19. The van der Waals surface area contributed by atoms with Crippen molar-refractivity contribution in [2.75, 3.05) is 6.54 Å². The number of aromatic nitrogens is 1. The van der Waals surface area contributed by atoms with Gasteiger partial charge in [-0.3, -0.25) is 9.78 Å². The molecule has 1 fully saturated rings. The van der Waals surface area contributed by atoms with Crippen LogP contribution >= 0.6 is 12.4 Å². The van der Waals surface area contributed by atoms with E-state index in [-0.39, 0.29) is 30.0 Å². The van der Waals surface area contributed by atoms with Gasteiger partial charge in [0.25, 0.3) is 0 Å². The Labute approximate surface area is 153 Å². The first kappa shape index (κ1) is 19.3. The van der Waals surface area contributed by atoms with Gasteiger partial charge in [0.1, 0.15) is 5.82 Å². The number of nitrogens with one attached hydrogen (secondary N) is 2. The summed E-state index contributed by atoms with van der Waals surface area (Å²) in [6.45, 7) is 2.93. The highest BCUT2D eigenvalue weighted by atomic mass is 35.5. The smallest absolute Gasteiger partial charge is 0.224 e. The Balaban J connectivity index is 0.00000225. The fraction of sp³-hybridized carbons (Fsp3) is 0.368. The van der Waals surface area contributed by atoms with E-state index in [4.69, 9.17) is 0 Å². The molecule has 1 aliphatic heterocycles. The molecule has 2 N–H and O–H groups in total. The third-order valence-corrected chi connectivity index (χ3v) is 4.45. The Bertz CT molecular complexity index is 698. The number of amides is 1. The molecule has 25 heavy (non-hydrogen) atoms. The van der Waals surface area contributed by atoms with E-state index in [1.165, 1.54) is 12.1 Å². The molecule has 134 valence electrons. The van der Waals surface area contributed by atoms with Crippen LogP contribution in [0.5, 0.6) is 0 Å². The maximum Gasteiger partial charge on any atom is 0.224 e. The van der Waals surface area contributed by atoms with Crippen molar-refractivity contribution in [3.63, 3.8) is 0 Å². The zero-order valence-corrected chi connectivity index (χ0v) is 14.9. The second-order valence-corrected chi connectivity index (χ2v) is 6.33. The topological polar surface area (TPSA) is 54.0 Å². The molecule has 2 aromatic rings. The van der Waals surface area contributed by atoms with Gasteiger partial charge in [0.2, 0.25) is 5.91 Å². The Morgan fingerprint density at radius 2 is 2.16 bits per heavy atom. The van der Waals surface area contributed by atoms with Crippen molar-refractivity contribution in [3.05, 3.63) is 65.7 Å². The number of benzene rings is 1. The van der Waals surface area contributed by atoms with Gasteiger partial charge in [-0.15, -0.1) is 12.4 Å². The van der Waals surface area contributed by atoms with Crippen molar-refractivity contribution < 1.29 is 9.18 Å². The minimum absolute atomic E-state index is 0. The molecule has 1 saturated heterocycles. The van der Waals surface area contributed by atoms with Crippen molar-refractivity contribution in [1.29, 1.82) is 0 Å². The fourth-order valence-corrected chi connectivity index (χ4v) is 3.19. The van der Waals surface area contributed by atoms with Crippen molar-refractivity contribution in [1.82, 2.24) is 15.6 Å². The first-order chi connectivity index (χ1) is 11.6. The van der Waals surface area contributed by atoms with Gasteiger partial charge in [-0.05, 0) is 56.1 Å². The van der Waals surface area contributed by atoms with Crippen LogP contribution in [0.15, 0.2) is 48.7 Å². The molecule has 6 heteroatoms. The van der Waals surface area contributed by atoms with Crippen LogP contribution in [0.4, 0.5) is 4.39 Å². The minimum Gasteiger partial charge on any atom is -0.343 e. The molecular weight excluding hydrogens is 341 g/mol. The summed E-state index contributed by atoms with van der Waals surface area (Å²) in [5.74, 6) is -0.345. The molecule has 4 nitrogen and oxygen atoms in total. The normalized spacial score (nSPS) is 21.0. The van der Waals surface area contributed by atoms with E-state index in [1.807, 2.05) is 24.3 Å². The number of piperidine rings is 1. The van der Waals surface area contributed by atoms with Crippen LogP contribution in [0, 0.1) is 11.7 Å². The quantitative estimate of drug-likeness (QED) is 0.876. The number of carbonyl (C=O) groups excluding carboxylic acids is 1. The van der Waals surface area contributed by atoms with Crippen molar-refractivity contribution in [3.8, 4) is 0 Å². The maximum absolute atomic E-state index is 13.6. The molecule has 0 spiro atoms. The van der Waals surface area contributed by atoms with Gasteiger partial charge >= 0.3 is 0 Å². The summed E-state index contributed by atoms with van der Waals surface area (Å²) in [6.07, 6.45) is 3.30. The summed E-state index contributed by atoms with van der Waals surface area (Å²) in [4.78, 5) is 17.1. The zero-order valence-electron chi connectivity index (χ0n) is 14.1. The summed E-state index contributed by atoms with van der Waals surface area (Å²) in [7, 11) is 0. The first-order valence-corrected chi connectivity index (χ1v) is 8.33. The highest BCUT2D eigenvalue weighted by Crippen LogP contribution is 2.23. The second kappa shape index (κ2) is 8.92. The third kappa shape index (κ3) is 5.00. The predicted octanol–water partition coefficient (Wildman–Crippen LogP) is 3.24. The van der Waals surface area contributed by atoms with E-state index in [2.05, 4.69) is 22.5 Å². The van der Waals surface area contributed by atoms with E-state index in [1.54, 1.807) is 12.3 Å². The lowest BCUT2D eigenvalue weighted by atomic mass is 9.91.